The van der Waals surface area contributed by atoms with Gasteiger partial charge in [-0.1, -0.05) is 25.1 Å². The van der Waals surface area contributed by atoms with E-state index in [1.165, 1.54) is 0 Å². The predicted molar refractivity (Wildman–Crippen MR) is 85.1 cm³/mol. The van der Waals surface area contributed by atoms with E-state index in [0.717, 1.165) is 55.4 Å². The van der Waals surface area contributed by atoms with Crippen LogP contribution in [0, 0.1) is 24.2 Å². The molecule has 2 unspecified atom stereocenters. The fraction of sp³-hybridized carbons (Fsp3) is 0.800. The second-order valence-corrected chi connectivity index (χ2v) is 6.89. The second kappa shape index (κ2) is 7.28. The Kier molecular flexibility index (Phi) is 5.65. The Hall–Kier alpha value is -1.06. The molecule has 2 atom stereocenters. The number of hydrogen-bond donors (Lipinski definition) is 1. The average molecular weight is 307 g/mol. The van der Waals surface area contributed by atoms with Gasteiger partial charge in [0.2, 0.25) is 0 Å². The highest BCUT2D eigenvalue weighted by Crippen LogP contribution is 2.38. The zero-order valence-corrected chi connectivity index (χ0v) is 14.0. The molecule has 2 rings (SSSR count). The van der Waals surface area contributed by atoms with Crippen molar-refractivity contribution >= 4 is 11.8 Å². The largest absolute Gasteiger partial charge is 0.309 e. The van der Waals surface area contributed by atoms with E-state index in [1.807, 2.05) is 18.5 Å². The second-order valence-electron chi connectivity index (χ2n) is 5.83. The number of thioether (sulfide) groups is 1. The van der Waals surface area contributed by atoms with Crippen LogP contribution < -0.4 is 5.32 Å². The molecule has 1 aromatic heterocycles. The molecular formula is C15H25N5S. The number of aryl methyl sites for hydroxylation is 1. The van der Waals surface area contributed by atoms with Crippen LogP contribution in [0.2, 0.25) is 0 Å². The standard InChI is InChI=1S/C15H25N5S/c1-4-9-17-15(11-16)8-5-6-13(15)7-10-21-14-19-18-12(2)20(14)3/h13,17H,4-10H2,1-3H3. The molecular weight excluding hydrogens is 282 g/mol. The molecule has 1 N–H and O–H groups in total. The molecule has 1 heterocycles. The molecule has 1 aliphatic rings. The molecule has 0 bridgehead atoms. The van der Waals surface area contributed by atoms with E-state index in [4.69, 9.17) is 0 Å². The van der Waals surface area contributed by atoms with E-state index in [9.17, 15) is 5.26 Å². The lowest BCUT2D eigenvalue weighted by atomic mass is 9.86. The van der Waals surface area contributed by atoms with Crippen molar-refractivity contribution in [1.29, 1.82) is 5.26 Å². The van der Waals surface area contributed by atoms with E-state index < -0.39 is 0 Å². The number of nitrogens with zero attached hydrogens (tertiary/aromatic N) is 4. The van der Waals surface area contributed by atoms with Crippen LogP contribution in [0.15, 0.2) is 5.16 Å². The van der Waals surface area contributed by atoms with Crippen LogP contribution in [0.3, 0.4) is 0 Å². The van der Waals surface area contributed by atoms with Crippen molar-refractivity contribution in [2.75, 3.05) is 12.3 Å². The molecule has 0 radical (unpaired) electrons. The van der Waals surface area contributed by atoms with Gasteiger partial charge < -0.3 is 4.57 Å². The lowest BCUT2D eigenvalue weighted by molar-refractivity contribution is 0.311. The quantitative estimate of drug-likeness (QED) is 0.784. The van der Waals surface area contributed by atoms with Crippen molar-refractivity contribution in [2.24, 2.45) is 13.0 Å². The minimum Gasteiger partial charge on any atom is -0.309 e. The first-order valence-corrected chi connectivity index (χ1v) is 8.76. The van der Waals surface area contributed by atoms with Gasteiger partial charge in [-0.15, -0.1) is 10.2 Å². The molecule has 0 aliphatic heterocycles. The first-order chi connectivity index (χ1) is 10.1. The van der Waals surface area contributed by atoms with E-state index in [-0.39, 0.29) is 5.54 Å². The van der Waals surface area contributed by atoms with Gasteiger partial charge in [0.05, 0.1) is 6.07 Å². The Balaban J connectivity index is 1.89. The molecule has 5 nitrogen and oxygen atoms in total. The molecule has 0 spiro atoms. The van der Waals surface area contributed by atoms with Gasteiger partial charge in [-0.3, -0.25) is 5.32 Å². The number of hydrogen-bond acceptors (Lipinski definition) is 5. The van der Waals surface area contributed by atoms with Crippen LogP contribution in [0.4, 0.5) is 0 Å². The molecule has 1 aromatic rings. The number of rotatable bonds is 7. The van der Waals surface area contributed by atoms with Crippen molar-refractivity contribution in [1.82, 2.24) is 20.1 Å². The van der Waals surface area contributed by atoms with Gasteiger partial charge >= 0.3 is 0 Å². The smallest absolute Gasteiger partial charge is 0.190 e. The normalized spacial score (nSPS) is 25.1. The Labute approximate surface area is 131 Å². The Morgan fingerprint density at radius 3 is 2.95 bits per heavy atom. The predicted octanol–water partition coefficient (Wildman–Crippen LogP) is 2.67. The minimum absolute atomic E-state index is 0.299. The minimum atomic E-state index is -0.299. The summed E-state index contributed by atoms with van der Waals surface area (Å²) in [6.07, 6.45) is 5.43. The van der Waals surface area contributed by atoms with E-state index >= 15 is 0 Å². The fourth-order valence-electron chi connectivity index (χ4n) is 3.04. The van der Waals surface area contributed by atoms with Crippen LogP contribution in [-0.2, 0) is 7.05 Å². The third kappa shape index (κ3) is 3.58. The number of nitriles is 1. The monoisotopic (exact) mass is 307 g/mol. The van der Waals surface area contributed by atoms with Crippen LogP contribution in [0.25, 0.3) is 0 Å². The number of nitrogens with one attached hydrogen (secondary N) is 1. The summed E-state index contributed by atoms with van der Waals surface area (Å²) in [6, 6.07) is 2.57. The summed E-state index contributed by atoms with van der Waals surface area (Å²) in [5.41, 5.74) is -0.299. The molecule has 0 aromatic carbocycles. The molecule has 1 fully saturated rings. The first kappa shape index (κ1) is 16.3. The van der Waals surface area contributed by atoms with Crippen molar-refractivity contribution in [3.8, 4) is 6.07 Å². The Bertz CT molecular complexity index is 507. The van der Waals surface area contributed by atoms with Gasteiger partial charge in [0, 0.05) is 12.8 Å². The summed E-state index contributed by atoms with van der Waals surface area (Å²) in [6.45, 7) is 5.04. The molecule has 1 saturated carbocycles. The zero-order valence-electron chi connectivity index (χ0n) is 13.2. The highest BCUT2D eigenvalue weighted by Gasteiger charge is 2.42. The van der Waals surface area contributed by atoms with Crippen LogP contribution in [-0.4, -0.2) is 32.6 Å². The summed E-state index contributed by atoms with van der Waals surface area (Å²) in [4.78, 5) is 0. The summed E-state index contributed by atoms with van der Waals surface area (Å²) in [7, 11) is 2.00. The van der Waals surface area contributed by atoms with Crippen LogP contribution in [0.1, 0.15) is 44.9 Å². The van der Waals surface area contributed by atoms with E-state index in [1.54, 1.807) is 11.8 Å². The summed E-state index contributed by atoms with van der Waals surface area (Å²) in [5.74, 6) is 2.39. The van der Waals surface area contributed by atoms with Gasteiger partial charge in [0.15, 0.2) is 5.16 Å². The summed E-state index contributed by atoms with van der Waals surface area (Å²) in [5, 5.41) is 22.4. The maximum Gasteiger partial charge on any atom is 0.190 e. The Morgan fingerprint density at radius 1 is 1.52 bits per heavy atom. The molecule has 0 amide bonds. The molecule has 116 valence electrons. The van der Waals surface area contributed by atoms with Gasteiger partial charge in [0.25, 0.3) is 0 Å². The zero-order chi connectivity index (χ0) is 15.3. The topological polar surface area (TPSA) is 66.5 Å². The Morgan fingerprint density at radius 2 is 2.33 bits per heavy atom. The fourth-order valence-corrected chi connectivity index (χ4v) is 4.05. The maximum atomic E-state index is 9.63. The third-order valence-corrected chi connectivity index (χ3v) is 5.51. The van der Waals surface area contributed by atoms with Gasteiger partial charge in [0.1, 0.15) is 11.4 Å². The molecule has 0 saturated heterocycles. The van der Waals surface area contributed by atoms with E-state index in [2.05, 4.69) is 28.5 Å². The van der Waals surface area contributed by atoms with Crippen molar-refractivity contribution < 1.29 is 0 Å². The molecule has 21 heavy (non-hydrogen) atoms. The van der Waals surface area contributed by atoms with Gasteiger partial charge in [-0.2, -0.15) is 5.26 Å². The van der Waals surface area contributed by atoms with Crippen molar-refractivity contribution in [3.05, 3.63) is 5.82 Å². The van der Waals surface area contributed by atoms with Gasteiger partial charge in [-0.25, -0.2) is 0 Å². The van der Waals surface area contributed by atoms with Crippen LogP contribution in [0.5, 0.6) is 0 Å². The van der Waals surface area contributed by atoms with E-state index in [0.29, 0.717) is 5.92 Å². The highest BCUT2D eigenvalue weighted by atomic mass is 32.2. The lowest BCUT2D eigenvalue weighted by Crippen LogP contribution is -2.47. The molecule has 6 heteroatoms. The lowest BCUT2D eigenvalue weighted by Gasteiger charge is -2.29. The van der Waals surface area contributed by atoms with Gasteiger partial charge in [-0.05, 0) is 45.1 Å². The average Bonchev–Trinajstić information content (AvgIpc) is 3.04. The maximum absolute atomic E-state index is 9.63. The van der Waals surface area contributed by atoms with Crippen molar-refractivity contribution in [2.45, 2.75) is 56.6 Å². The summed E-state index contributed by atoms with van der Waals surface area (Å²) >= 11 is 1.74. The highest BCUT2D eigenvalue weighted by molar-refractivity contribution is 7.99. The molecule has 1 aliphatic carbocycles. The summed E-state index contributed by atoms with van der Waals surface area (Å²) < 4.78 is 2.02. The first-order valence-electron chi connectivity index (χ1n) is 7.78. The third-order valence-electron chi connectivity index (χ3n) is 4.46. The van der Waals surface area contributed by atoms with Crippen molar-refractivity contribution in [3.63, 3.8) is 0 Å². The van der Waals surface area contributed by atoms with Crippen LogP contribution >= 0.6 is 11.8 Å². The SMILES string of the molecule is CCCNC1(C#N)CCCC1CCSc1nnc(C)n1C. The number of aromatic nitrogens is 3.